The standard InChI is InChI=1S/C13H22N4O2/c1-10-11(6-14-15-10)7-16(2)13(19)9-17-5-3-4-12(18)8-17/h6,12,18H,3-5,7-9H2,1-2H3,(H,14,15). The second-order valence-electron chi connectivity index (χ2n) is 5.30. The first kappa shape index (κ1) is 14.0. The third-order valence-corrected chi connectivity index (χ3v) is 3.61. The third kappa shape index (κ3) is 3.78. The molecule has 19 heavy (non-hydrogen) atoms. The number of aromatic amines is 1. The van der Waals surface area contributed by atoms with E-state index in [2.05, 4.69) is 10.2 Å². The largest absolute Gasteiger partial charge is 0.392 e. The van der Waals surface area contributed by atoms with Gasteiger partial charge in [-0.3, -0.25) is 14.8 Å². The minimum atomic E-state index is -0.289. The maximum Gasteiger partial charge on any atom is 0.236 e. The van der Waals surface area contributed by atoms with Crippen LogP contribution in [0, 0.1) is 6.92 Å². The first-order chi connectivity index (χ1) is 9.06. The quantitative estimate of drug-likeness (QED) is 0.813. The molecule has 1 unspecified atom stereocenters. The van der Waals surface area contributed by atoms with Gasteiger partial charge in [0.05, 0.1) is 18.8 Å². The van der Waals surface area contributed by atoms with Gasteiger partial charge in [-0.1, -0.05) is 0 Å². The zero-order chi connectivity index (χ0) is 13.8. The summed E-state index contributed by atoms with van der Waals surface area (Å²) in [5.41, 5.74) is 2.03. The molecule has 0 bridgehead atoms. The van der Waals surface area contributed by atoms with Gasteiger partial charge in [0.15, 0.2) is 0 Å². The molecule has 1 fully saturated rings. The van der Waals surface area contributed by atoms with Gasteiger partial charge in [-0.25, -0.2) is 0 Å². The molecule has 1 aromatic rings. The van der Waals surface area contributed by atoms with E-state index in [-0.39, 0.29) is 12.0 Å². The summed E-state index contributed by atoms with van der Waals surface area (Å²) >= 11 is 0. The van der Waals surface area contributed by atoms with Crippen LogP contribution < -0.4 is 0 Å². The fraction of sp³-hybridized carbons (Fsp3) is 0.692. The Balaban J connectivity index is 1.84. The van der Waals surface area contributed by atoms with Gasteiger partial charge in [0, 0.05) is 31.4 Å². The molecule has 106 valence electrons. The molecule has 1 saturated heterocycles. The molecule has 0 radical (unpaired) electrons. The van der Waals surface area contributed by atoms with Gasteiger partial charge >= 0.3 is 0 Å². The molecule has 6 nitrogen and oxygen atoms in total. The zero-order valence-corrected chi connectivity index (χ0v) is 11.6. The van der Waals surface area contributed by atoms with E-state index in [0.717, 1.165) is 30.6 Å². The number of hydrogen-bond donors (Lipinski definition) is 2. The number of aryl methyl sites for hydroxylation is 1. The Morgan fingerprint density at radius 1 is 1.68 bits per heavy atom. The second kappa shape index (κ2) is 6.16. The highest BCUT2D eigenvalue weighted by Gasteiger charge is 2.21. The van der Waals surface area contributed by atoms with Crippen molar-refractivity contribution in [2.24, 2.45) is 0 Å². The van der Waals surface area contributed by atoms with E-state index in [1.807, 2.05) is 11.8 Å². The summed E-state index contributed by atoms with van der Waals surface area (Å²) in [5, 5.41) is 16.4. The number of aliphatic hydroxyl groups is 1. The van der Waals surface area contributed by atoms with Crippen LogP contribution in [-0.4, -0.2) is 63.8 Å². The Hall–Kier alpha value is -1.40. The molecule has 2 rings (SSSR count). The summed E-state index contributed by atoms with van der Waals surface area (Å²) in [5.74, 6) is 0.0784. The predicted molar refractivity (Wildman–Crippen MR) is 71.5 cm³/mol. The first-order valence-corrected chi connectivity index (χ1v) is 6.69. The molecule has 2 N–H and O–H groups in total. The minimum Gasteiger partial charge on any atom is -0.392 e. The number of carbonyl (C=O) groups is 1. The van der Waals surface area contributed by atoms with Crippen molar-refractivity contribution < 1.29 is 9.90 Å². The highest BCUT2D eigenvalue weighted by atomic mass is 16.3. The molecular formula is C13H22N4O2. The van der Waals surface area contributed by atoms with Gasteiger partial charge in [0.25, 0.3) is 0 Å². The normalized spacial score (nSPS) is 20.5. The van der Waals surface area contributed by atoms with Crippen LogP contribution in [0.1, 0.15) is 24.1 Å². The molecule has 6 heteroatoms. The number of hydrogen-bond acceptors (Lipinski definition) is 4. The number of amides is 1. The number of aliphatic hydroxyl groups excluding tert-OH is 1. The first-order valence-electron chi connectivity index (χ1n) is 6.69. The fourth-order valence-corrected chi connectivity index (χ4v) is 2.37. The van der Waals surface area contributed by atoms with Crippen LogP contribution in [0.5, 0.6) is 0 Å². The summed E-state index contributed by atoms with van der Waals surface area (Å²) in [4.78, 5) is 15.9. The number of piperidine rings is 1. The summed E-state index contributed by atoms with van der Waals surface area (Å²) in [6, 6.07) is 0. The molecule has 1 amide bonds. The van der Waals surface area contributed by atoms with Crippen molar-refractivity contribution in [1.82, 2.24) is 20.0 Å². The molecule has 0 saturated carbocycles. The van der Waals surface area contributed by atoms with E-state index in [1.54, 1.807) is 18.1 Å². The zero-order valence-electron chi connectivity index (χ0n) is 11.6. The van der Waals surface area contributed by atoms with Crippen LogP contribution in [0.25, 0.3) is 0 Å². The van der Waals surface area contributed by atoms with Gasteiger partial charge in [-0.05, 0) is 26.3 Å². The number of likely N-dealkylation sites (tertiary alicyclic amines) is 1. The lowest BCUT2D eigenvalue weighted by Gasteiger charge is -2.30. The Morgan fingerprint density at radius 3 is 3.11 bits per heavy atom. The van der Waals surface area contributed by atoms with Crippen LogP contribution in [-0.2, 0) is 11.3 Å². The van der Waals surface area contributed by atoms with Crippen molar-refractivity contribution in [3.05, 3.63) is 17.5 Å². The highest BCUT2D eigenvalue weighted by molar-refractivity contribution is 5.78. The van der Waals surface area contributed by atoms with Crippen molar-refractivity contribution in [2.45, 2.75) is 32.4 Å². The molecule has 0 aliphatic carbocycles. The number of rotatable bonds is 4. The Morgan fingerprint density at radius 2 is 2.47 bits per heavy atom. The molecule has 1 aliphatic heterocycles. The van der Waals surface area contributed by atoms with E-state index in [4.69, 9.17) is 0 Å². The molecule has 1 atom stereocenters. The number of nitrogens with zero attached hydrogens (tertiary/aromatic N) is 3. The summed E-state index contributed by atoms with van der Waals surface area (Å²) in [7, 11) is 1.80. The van der Waals surface area contributed by atoms with Crippen LogP contribution in [0.15, 0.2) is 6.20 Å². The van der Waals surface area contributed by atoms with Crippen LogP contribution >= 0.6 is 0 Å². The number of carbonyl (C=O) groups excluding carboxylic acids is 1. The van der Waals surface area contributed by atoms with Crippen molar-refractivity contribution >= 4 is 5.91 Å². The molecular weight excluding hydrogens is 244 g/mol. The summed E-state index contributed by atoms with van der Waals surface area (Å²) in [6.45, 7) is 4.38. The van der Waals surface area contributed by atoms with Gasteiger partial charge < -0.3 is 10.0 Å². The van der Waals surface area contributed by atoms with E-state index in [9.17, 15) is 9.90 Å². The number of aromatic nitrogens is 2. The van der Waals surface area contributed by atoms with Gasteiger partial charge in [-0.2, -0.15) is 5.10 Å². The second-order valence-corrected chi connectivity index (χ2v) is 5.30. The van der Waals surface area contributed by atoms with Gasteiger partial charge in [0.1, 0.15) is 0 Å². The third-order valence-electron chi connectivity index (χ3n) is 3.61. The smallest absolute Gasteiger partial charge is 0.236 e. The summed E-state index contributed by atoms with van der Waals surface area (Å²) < 4.78 is 0. The topological polar surface area (TPSA) is 72.5 Å². The van der Waals surface area contributed by atoms with E-state index in [0.29, 0.717) is 19.6 Å². The van der Waals surface area contributed by atoms with Crippen molar-refractivity contribution in [3.8, 4) is 0 Å². The number of H-pyrrole nitrogens is 1. The van der Waals surface area contributed by atoms with E-state index < -0.39 is 0 Å². The van der Waals surface area contributed by atoms with Gasteiger partial charge in [0.2, 0.25) is 5.91 Å². The van der Waals surface area contributed by atoms with Crippen molar-refractivity contribution in [1.29, 1.82) is 0 Å². The molecule has 2 heterocycles. The van der Waals surface area contributed by atoms with Crippen molar-refractivity contribution in [3.63, 3.8) is 0 Å². The number of nitrogens with one attached hydrogen (secondary N) is 1. The summed E-state index contributed by atoms with van der Waals surface area (Å²) in [6.07, 6.45) is 3.26. The fourth-order valence-electron chi connectivity index (χ4n) is 2.37. The van der Waals surface area contributed by atoms with Crippen LogP contribution in [0.2, 0.25) is 0 Å². The van der Waals surface area contributed by atoms with E-state index in [1.165, 1.54) is 0 Å². The lowest BCUT2D eigenvalue weighted by Crippen LogP contribution is -2.44. The average Bonchev–Trinajstić information content (AvgIpc) is 2.75. The molecule has 0 spiro atoms. The SMILES string of the molecule is Cc1[nH]ncc1CN(C)C(=O)CN1CCCC(O)C1. The number of likely N-dealkylation sites (N-methyl/N-ethyl adjacent to an activating group) is 1. The number of β-amino-alcohol motifs (C(OH)–C–C–N with tert-alkyl or cyclic N) is 1. The maximum absolute atomic E-state index is 12.1. The lowest BCUT2D eigenvalue weighted by atomic mass is 10.1. The van der Waals surface area contributed by atoms with E-state index >= 15 is 0 Å². The Bertz CT molecular complexity index is 432. The Labute approximate surface area is 113 Å². The monoisotopic (exact) mass is 266 g/mol. The van der Waals surface area contributed by atoms with Crippen LogP contribution in [0.4, 0.5) is 0 Å². The molecule has 1 aromatic heterocycles. The van der Waals surface area contributed by atoms with Crippen LogP contribution in [0.3, 0.4) is 0 Å². The maximum atomic E-state index is 12.1. The lowest BCUT2D eigenvalue weighted by molar-refractivity contribution is -0.132. The molecule has 1 aliphatic rings. The highest BCUT2D eigenvalue weighted by Crippen LogP contribution is 2.11. The predicted octanol–water partition coefficient (Wildman–Crippen LogP) is 0.133. The minimum absolute atomic E-state index is 0.0784. The van der Waals surface area contributed by atoms with Gasteiger partial charge in [-0.15, -0.1) is 0 Å². The van der Waals surface area contributed by atoms with Crippen molar-refractivity contribution in [2.75, 3.05) is 26.7 Å². The average molecular weight is 266 g/mol. The Kier molecular flexibility index (Phi) is 4.55. The molecule has 0 aromatic carbocycles.